The number of likely N-dealkylation sites (tertiary alicyclic amines) is 1. The van der Waals surface area contributed by atoms with Crippen molar-refractivity contribution in [3.63, 3.8) is 0 Å². The van der Waals surface area contributed by atoms with Crippen molar-refractivity contribution < 1.29 is 4.79 Å². The number of hydrogen-bond donors (Lipinski definition) is 1. The highest BCUT2D eigenvalue weighted by Crippen LogP contribution is 2.31. The Labute approximate surface area is 145 Å². The smallest absolute Gasteiger partial charge is 0.262 e. The predicted octanol–water partition coefficient (Wildman–Crippen LogP) is 2.26. The molecule has 0 saturated carbocycles. The fraction of sp³-hybridized carbons (Fsp3) is 0.588. The van der Waals surface area contributed by atoms with Crippen LogP contribution in [-0.4, -0.2) is 40.5 Å². The summed E-state index contributed by atoms with van der Waals surface area (Å²) < 4.78 is 1.88. The summed E-state index contributed by atoms with van der Waals surface area (Å²) in [7, 11) is 2.10. The first-order valence-electron chi connectivity index (χ1n) is 8.35. The highest BCUT2D eigenvalue weighted by molar-refractivity contribution is 7.20. The number of nitrogens with two attached hydrogens (primary N) is 1. The molecule has 0 aromatic carbocycles. The van der Waals surface area contributed by atoms with Crippen molar-refractivity contribution in [2.24, 2.45) is 5.73 Å². The standard InChI is InChI=1S/C17H24N4O2S/c1-9(2)15-19-16-12(10(3)13(24-16)14(18)22)17(23)21(15)11-5-7-20(4)8-6-11/h9,11H,5-8H2,1-4H3,(H2,18,22). The van der Waals surface area contributed by atoms with Gasteiger partial charge in [-0.15, -0.1) is 11.3 Å². The van der Waals surface area contributed by atoms with E-state index in [0.29, 0.717) is 20.7 Å². The Bertz CT molecular complexity index is 844. The number of piperidine rings is 1. The fourth-order valence-corrected chi connectivity index (χ4v) is 4.49. The molecule has 1 aliphatic heterocycles. The van der Waals surface area contributed by atoms with Crippen LogP contribution in [0, 0.1) is 6.92 Å². The molecule has 1 fully saturated rings. The molecule has 2 N–H and O–H groups in total. The lowest BCUT2D eigenvalue weighted by atomic mass is 10.0. The molecule has 0 aliphatic carbocycles. The molecule has 3 rings (SSSR count). The lowest BCUT2D eigenvalue weighted by molar-refractivity contribution is 0.100. The number of aryl methyl sites for hydroxylation is 1. The van der Waals surface area contributed by atoms with Crippen LogP contribution in [0.15, 0.2) is 4.79 Å². The molecule has 0 spiro atoms. The van der Waals surface area contributed by atoms with Crippen LogP contribution in [0.2, 0.25) is 0 Å². The summed E-state index contributed by atoms with van der Waals surface area (Å²) in [4.78, 5) is 33.0. The van der Waals surface area contributed by atoms with Gasteiger partial charge in [0.2, 0.25) is 0 Å². The molecule has 2 aromatic heterocycles. The van der Waals surface area contributed by atoms with Crippen molar-refractivity contribution in [3.05, 3.63) is 26.6 Å². The predicted molar refractivity (Wildman–Crippen MR) is 97.0 cm³/mol. The highest BCUT2D eigenvalue weighted by Gasteiger charge is 2.26. The number of fused-ring (bicyclic) bond motifs is 1. The van der Waals surface area contributed by atoms with Crippen LogP contribution >= 0.6 is 11.3 Å². The summed E-state index contributed by atoms with van der Waals surface area (Å²) in [6, 6.07) is 0.166. The second-order valence-corrected chi connectivity index (χ2v) is 7.93. The van der Waals surface area contributed by atoms with Gasteiger partial charge >= 0.3 is 0 Å². The second kappa shape index (κ2) is 6.29. The van der Waals surface area contributed by atoms with E-state index in [1.54, 1.807) is 6.92 Å². The van der Waals surface area contributed by atoms with E-state index in [9.17, 15) is 9.59 Å². The van der Waals surface area contributed by atoms with E-state index < -0.39 is 5.91 Å². The monoisotopic (exact) mass is 348 g/mol. The molecule has 0 radical (unpaired) electrons. The van der Waals surface area contributed by atoms with Crippen molar-refractivity contribution >= 4 is 27.5 Å². The Kier molecular flexibility index (Phi) is 4.48. The van der Waals surface area contributed by atoms with Gasteiger partial charge in [0.1, 0.15) is 10.7 Å². The summed E-state index contributed by atoms with van der Waals surface area (Å²) in [5.41, 5.74) is 6.09. The third-order valence-electron chi connectivity index (χ3n) is 4.82. The first-order valence-corrected chi connectivity index (χ1v) is 9.16. The number of hydrogen-bond acceptors (Lipinski definition) is 5. The topological polar surface area (TPSA) is 81.2 Å². The quantitative estimate of drug-likeness (QED) is 0.922. The van der Waals surface area contributed by atoms with Gasteiger partial charge in [0.05, 0.1) is 10.3 Å². The van der Waals surface area contributed by atoms with Gasteiger partial charge in [-0.3, -0.25) is 14.2 Å². The van der Waals surface area contributed by atoms with Gasteiger partial charge in [0.25, 0.3) is 11.5 Å². The minimum atomic E-state index is -0.494. The van der Waals surface area contributed by atoms with Gasteiger partial charge in [0.15, 0.2) is 0 Å². The van der Waals surface area contributed by atoms with Gasteiger partial charge in [-0.1, -0.05) is 13.8 Å². The summed E-state index contributed by atoms with van der Waals surface area (Å²) >= 11 is 1.23. The minimum absolute atomic E-state index is 0.0282. The summed E-state index contributed by atoms with van der Waals surface area (Å²) in [5.74, 6) is 0.451. The second-order valence-electron chi connectivity index (χ2n) is 6.93. The lowest BCUT2D eigenvalue weighted by Crippen LogP contribution is -2.37. The first-order chi connectivity index (χ1) is 11.3. The number of carbonyl (C=O) groups excluding carboxylic acids is 1. The van der Waals surface area contributed by atoms with Crippen LogP contribution in [0.1, 0.15) is 59.7 Å². The molecule has 0 bridgehead atoms. The van der Waals surface area contributed by atoms with E-state index in [4.69, 9.17) is 10.7 Å². The van der Waals surface area contributed by atoms with Gasteiger partial charge in [-0.25, -0.2) is 4.98 Å². The number of primary amides is 1. The summed E-state index contributed by atoms with van der Waals surface area (Å²) in [5, 5.41) is 0.553. The van der Waals surface area contributed by atoms with E-state index in [2.05, 4.69) is 25.8 Å². The van der Waals surface area contributed by atoms with Gasteiger partial charge < -0.3 is 10.6 Å². The van der Waals surface area contributed by atoms with Crippen LogP contribution in [0.5, 0.6) is 0 Å². The van der Waals surface area contributed by atoms with Gasteiger partial charge in [-0.2, -0.15) is 0 Å². The van der Waals surface area contributed by atoms with Crippen LogP contribution in [0.4, 0.5) is 0 Å². The van der Waals surface area contributed by atoms with Crippen LogP contribution in [0.3, 0.4) is 0 Å². The lowest BCUT2D eigenvalue weighted by Gasteiger charge is -2.32. The van der Waals surface area contributed by atoms with E-state index in [-0.39, 0.29) is 17.5 Å². The minimum Gasteiger partial charge on any atom is -0.365 e. The number of amides is 1. The summed E-state index contributed by atoms with van der Waals surface area (Å²) in [6.45, 7) is 7.84. The Morgan fingerprint density at radius 2 is 1.96 bits per heavy atom. The fourth-order valence-electron chi connectivity index (χ4n) is 3.46. The normalized spacial score (nSPS) is 17.0. The van der Waals surface area contributed by atoms with Crippen molar-refractivity contribution in [1.82, 2.24) is 14.5 Å². The molecular formula is C17H24N4O2S. The molecule has 0 unspecified atom stereocenters. The van der Waals surface area contributed by atoms with Gasteiger partial charge in [-0.05, 0) is 45.5 Å². The van der Waals surface area contributed by atoms with E-state index in [1.165, 1.54) is 11.3 Å². The zero-order valence-electron chi connectivity index (χ0n) is 14.6. The first kappa shape index (κ1) is 17.1. The van der Waals surface area contributed by atoms with Crippen LogP contribution in [0.25, 0.3) is 10.2 Å². The SMILES string of the molecule is Cc1c(C(N)=O)sc2nc(C(C)C)n(C3CCN(C)CC3)c(=O)c12. The third-order valence-corrected chi connectivity index (χ3v) is 6.02. The van der Waals surface area contributed by atoms with E-state index in [0.717, 1.165) is 31.8 Å². The van der Waals surface area contributed by atoms with Gasteiger partial charge in [0, 0.05) is 12.0 Å². The average molecular weight is 348 g/mol. The molecule has 2 aromatic rings. The number of rotatable bonds is 3. The molecule has 1 saturated heterocycles. The number of nitrogens with zero attached hydrogens (tertiary/aromatic N) is 3. The number of carbonyl (C=O) groups is 1. The summed E-state index contributed by atoms with van der Waals surface area (Å²) in [6.07, 6.45) is 1.88. The van der Waals surface area contributed by atoms with Crippen molar-refractivity contribution in [2.45, 2.75) is 45.6 Å². The average Bonchev–Trinajstić information content (AvgIpc) is 2.86. The molecule has 1 aliphatic rings. The maximum atomic E-state index is 13.3. The molecule has 0 atom stereocenters. The number of thiophene rings is 1. The Morgan fingerprint density at radius 1 is 1.33 bits per heavy atom. The molecular weight excluding hydrogens is 324 g/mol. The van der Waals surface area contributed by atoms with Crippen LogP contribution < -0.4 is 11.3 Å². The Hall–Kier alpha value is -1.73. The number of aromatic nitrogens is 2. The highest BCUT2D eigenvalue weighted by atomic mass is 32.1. The van der Waals surface area contributed by atoms with Crippen molar-refractivity contribution in [3.8, 4) is 0 Å². The van der Waals surface area contributed by atoms with Crippen molar-refractivity contribution in [1.29, 1.82) is 0 Å². The molecule has 6 nitrogen and oxygen atoms in total. The molecule has 3 heterocycles. The molecule has 130 valence electrons. The van der Waals surface area contributed by atoms with Crippen molar-refractivity contribution in [2.75, 3.05) is 20.1 Å². The third kappa shape index (κ3) is 2.75. The largest absolute Gasteiger partial charge is 0.365 e. The zero-order valence-corrected chi connectivity index (χ0v) is 15.4. The van der Waals surface area contributed by atoms with E-state index >= 15 is 0 Å². The maximum absolute atomic E-state index is 13.3. The molecule has 1 amide bonds. The zero-order chi connectivity index (χ0) is 17.6. The molecule has 24 heavy (non-hydrogen) atoms. The Morgan fingerprint density at radius 3 is 2.50 bits per heavy atom. The van der Waals surface area contributed by atoms with E-state index in [1.807, 2.05) is 4.57 Å². The van der Waals surface area contributed by atoms with Crippen LogP contribution in [-0.2, 0) is 0 Å². The Balaban J connectivity index is 2.25. The molecule has 7 heteroatoms. The maximum Gasteiger partial charge on any atom is 0.262 e.